The van der Waals surface area contributed by atoms with Gasteiger partial charge in [0.1, 0.15) is 18.2 Å². The number of nitrogen functional groups attached to an aromatic ring is 1. The van der Waals surface area contributed by atoms with Crippen LogP contribution in [0.3, 0.4) is 0 Å². The summed E-state index contributed by atoms with van der Waals surface area (Å²) in [7, 11) is 0. The van der Waals surface area contributed by atoms with Crippen LogP contribution in [0.15, 0.2) is 36.5 Å². The summed E-state index contributed by atoms with van der Waals surface area (Å²) in [5.41, 5.74) is 9.03. The second-order valence-corrected chi connectivity index (χ2v) is 4.13. The van der Waals surface area contributed by atoms with E-state index >= 15 is 0 Å². The molecule has 2 N–H and O–H groups in total. The topological polar surface area (TPSA) is 48.1 Å². The van der Waals surface area contributed by atoms with E-state index in [1.807, 2.05) is 18.2 Å². The number of nitrogens with zero attached hydrogens (tertiary/aromatic N) is 1. The second-order valence-electron chi connectivity index (χ2n) is 4.13. The molecule has 0 fully saturated rings. The van der Waals surface area contributed by atoms with Crippen molar-refractivity contribution in [3.63, 3.8) is 0 Å². The number of aromatic nitrogens is 1. The smallest absolute Gasteiger partial charge is 0.123 e. The average molecular weight is 228 g/mol. The summed E-state index contributed by atoms with van der Waals surface area (Å²) >= 11 is 0. The third kappa shape index (κ3) is 2.97. The van der Waals surface area contributed by atoms with Gasteiger partial charge < -0.3 is 10.5 Å². The Hall–Kier alpha value is -2.03. The van der Waals surface area contributed by atoms with Gasteiger partial charge in [-0.1, -0.05) is 12.1 Å². The molecule has 0 saturated heterocycles. The van der Waals surface area contributed by atoms with Crippen LogP contribution in [0.4, 0.5) is 5.82 Å². The normalized spacial score (nSPS) is 10.2. The van der Waals surface area contributed by atoms with Crippen molar-refractivity contribution < 1.29 is 4.74 Å². The molecule has 1 aromatic heterocycles. The van der Waals surface area contributed by atoms with Crippen molar-refractivity contribution in [1.29, 1.82) is 0 Å². The first-order valence-corrected chi connectivity index (χ1v) is 5.55. The molecule has 0 radical (unpaired) electrons. The third-order valence-corrected chi connectivity index (χ3v) is 2.73. The van der Waals surface area contributed by atoms with Gasteiger partial charge in [-0.15, -0.1) is 0 Å². The molecule has 1 heterocycles. The van der Waals surface area contributed by atoms with Crippen LogP contribution >= 0.6 is 0 Å². The molecule has 0 aliphatic rings. The van der Waals surface area contributed by atoms with Gasteiger partial charge in [-0.2, -0.15) is 0 Å². The van der Waals surface area contributed by atoms with Gasteiger partial charge in [0.25, 0.3) is 0 Å². The minimum atomic E-state index is 0.510. The zero-order chi connectivity index (χ0) is 12.3. The van der Waals surface area contributed by atoms with E-state index in [0.29, 0.717) is 12.4 Å². The SMILES string of the molecule is Cc1ccc(OCc2ccc(N)nc2)cc1C. The molecule has 2 rings (SSSR count). The predicted molar refractivity (Wildman–Crippen MR) is 68.9 cm³/mol. The van der Waals surface area contributed by atoms with Gasteiger partial charge in [-0.3, -0.25) is 0 Å². The van der Waals surface area contributed by atoms with E-state index in [2.05, 4.69) is 24.9 Å². The minimum absolute atomic E-state index is 0.510. The molecule has 2 aromatic rings. The van der Waals surface area contributed by atoms with E-state index in [4.69, 9.17) is 10.5 Å². The number of anilines is 1. The predicted octanol–water partition coefficient (Wildman–Crippen LogP) is 2.86. The van der Waals surface area contributed by atoms with Gasteiger partial charge in [0, 0.05) is 11.8 Å². The van der Waals surface area contributed by atoms with Crippen LogP contribution in [-0.4, -0.2) is 4.98 Å². The van der Waals surface area contributed by atoms with Gasteiger partial charge in [-0.05, 0) is 43.2 Å². The summed E-state index contributed by atoms with van der Waals surface area (Å²) in [6, 6.07) is 9.78. The molecule has 0 aliphatic carbocycles. The molecule has 0 atom stereocenters. The highest BCUT2D eigenvalue weighted by Gasteiger charge is 1.99. The summed E-state index contributed by atoms with van der Waals surface area (Å²) in [5.74, 6) is 1.41. The lowest BCUT2D eigenvalue weighted by molar-refractivity contribution is 0.305. The number of hydrogen-bond donors (Lipinski definition) is 1. The number of hydrogen-bond acceptors (Lipinski definition) is 3. The van der Waals surface area contributed by atoms with E-state index in [1.165, 1.54) is 11.1 Å². The van der Waals surface area contributed by atoms with Crippen molar-refractivity contribution in [1.82, 2.24) is 4.98 Å². The van der Waals surface area contributed by atoms with Gasteiger partial charge in [-0.25, -0.2) is 4.98 Å². The Morgan fingerprint density at radius 1 is 1.12 bits per heavy atom. The Kier molecular flexibility index (Phi) is 3.28. The number of rotatable bonds is 3. The molecule has 0 unspecified atom stereocenters. The monoisotopic (exact) mass is 228 g/mol. The number of benzene rings is 1. The van der Waals surface area contributed by atoms with Gasteiger partial charge >= 0.3 is 0 Å². The number of aryl methyl sites for hydroxylation is 2. The van der Waals surface area contributed by atoms with Crippen molar-refractivity contribution in [2.24, 2.45) is 0 Å². The summed E-state index contributed by atoms with van der Waals surface area (Å²) < 4.78 is 5.69. The highest BCUT2D eigenvalue weighted by molar-refractivity contribution is 5.34. The maximum atomic E-state index is 5.69. The first-order chi connectivity index (χ1) is 8.15. The lowest BCUT2D eigenvalue weighted by Crippen LogP contribution is -1.98. The van der Waals surface area contributed by atoms with Crippen LogP contribution in [0.1, 0.15) is 16.7 Å². The van der Waals surface area contributed by atoms with Crippen molar-refractivity contribution in [2.75, 3.05) is 5.73 Å². The van der Waals surface area contributed by atoms with Crippen LogP contribution in [0.25, 0.3) is 0 Å². The standard InChI is InChI=1S/C14H16N2O/c1-10-3-5-13(7-11(10)2)17-9-12-4-6-14(15)16-8-12/h3-8H,9H2,1-2H3,(H2,15,16). The van der Waals surface area contributed by atoms with E-state index in [9.17, 15) is 0 Å². The van der Waals surface area contributed by atoms with Gasteiger partial charge in [0.15, 0.2) is 0 Å². The Morgan fingerprint density at radius 2 is 1.94 bits per heavy atom. The van der Waals surface area contributed by atoms with E-state index in [0.717, 1.165) is 11.3 Å². The van der Waals surface area contributed by atoms with E-state index in [-0.39, 0.29) is 0 Å². The fourth-order valence-electron chi connectivity index (χ4n) is 1.49. The van der Waals surface area contributed by atoms with Crippen LogP contribution in [-0.2, 0) is 6.61 Å². The average Bonchev–Trinajstić information content (AvgIpc) is 2.33. The molecule has 0 amide bonds. The largest absolute Gasteiger partial charge is 0.489 e. The molecular weight excluding hydrogens is 212 g/mol. The van der Waals surface area contributed by atoms with Crippen LogP contribution in [0.5, 0.6) is 5.75 Å². The third-order valence-electron chi connectivity index (χ3n) is 2.73. The number of ether oxygens (including phenoxy) is 1. The molecule has 3 heteroatoms. The van der Waals surface area contributed by atoms with E-state index in [1.54, 1.807) is 12.3 Å². The lowest BCUT2D eigenvalue weighted by atomic mass is 10.1. The Bertz CT molecular complexity index is 506. The van der Waals surface area contributed by atoms with E-state index < -0.39 is 0 Å². The first kappa shape index (κ1) is 11.5. The molecule has 0 saturated carbocycles. The maximum Gasteiger partial charge on any atom is 0.123 e. The molecule has 88 valence electrons. The van der Waals surface area contributed by atoms with Gasteiger partial charge in [0.2, 0.25) is 0 Å². The fourth-order valence-corrected chi connectivity index (χ4v) is 1.49. The zero-order valence-corrected chi connectivity index (χ0v) is 10.1. The van der Waals surface area contributed by atoms with Gasteiger partial charge in [0.05, 0.1) is 0 Å². The van der Waals surface area contributed by atoms with Crippen LogP contribution in [0.2, 0.25) is 0 Å². The maximum absolute atomic E-state index is 5.69. The zero-order valence-electron chi connectivity index (χ0n) is 10.1. The van der Waals surface area contributed by atoms with Crippen molar-refractivity contribution in [3.05, 3.63) is 53.2 Å². The van der Waals surface area contributed by atoms with Crippen LogP contribution < -0.4 is 10.5 Å². The number of pyridine rings is 1. The fraction of sp³-hybridized carbons (Fsp3) is 0.214. The Balaban J connectivity index is 2.02. The molecular formula is C14H16N2O. The minimum Gasteiger partial charge on any atom is -0.489 e. The highest BCUT2D eigenvalue weighted by atomic mass is 16.5. The van der Waals surface area contributed by atoms with Crippen LogP contribution in [0, 0.1) is 13.8 Å². The summed E-state index contributed by atoms with van der Waals surface area (Å²) in [5, 5.41) is 0. The summed E-state index contributed by atoms with van der Waals surface area (Å²) in [4.78, 5) is 4.02. The molecule has 0 bridgehead atoms. The molecule has 17 heavy (non-hydrogen) atoms. The summed E-state index contributed by atoms with van der Waals surface area (Å²) in [6.45, 7) is 4.67. The Labute approximate surface area is 101 Å². The molecule has 1 aromatic carbocycles. The van der Waals surface area contributed by atoms with Crippen molar-refractivity contribution >= 4 is 5.82 Å². The Morgan fingerprint density at radius 3 is 2.59 bits per heavy atom. The summed E-state index contributed by atoms with van der Waals surface area (Å²) in [6.07, 6.45) is 1.73. The van der Waals surface area contributed by atoms with Crippen molar-refractivity contribution in [2.45, 2.75) is 20.5 Å². The molecule has 3 nitrogen and oxygen atoms in total. The first-order valence-electron chi connectivity index (χ1n) is 5.55. The lowest BCUT2D eigenvalue weighted by Gasteiger charge is -2.08. The number of nitrogens with two attached hydrogens (primary N) is 1. The van der Waals surface area contributed by atoms with Crippen molar-refractivity contribution in [3.8, 4) is 5.75 Å². The molecule has 0 spiro atoms. The quantitative estimate of drug-likeness (QED) is 0.878. The molecule has 0 aliphatic heterocycles. The second kappa shape index (κ2) is 4.87. The highest BCUT2D eigenvalue weighted by Crippen LogP contribution is 2.17.